The number of hydrogen-bond donors (Lipinski definition) is 0. The second-order valence-electron chi connectivity index (χ2n) is 4.21. The van der Waals surface area contributed by atoms with Gasteiger partial charge in [-0.3, -0.25) is 0 Å². The standard InChI is InChI=1S/C15H11BrFN/c16-13-5-2-1-4-11(13)10-18-9-8-12-14(17)6-3-7-15(12)18/h1-9H,10H2. The van der Waals surface area contributed by atoms with Crippen LogP contribution in [0.5, 0.6) is 0 Å². The van der Waals surface area contributed by atoms with Crippen molar-refractivity contribution < 1.29 is 4.39 Å². The van der Waals surface area contributed by atoms with Gasteiger partial charge in [-0.25, -0.2) is 4.39 Å². The number of benzene rings is 2. The van der Waals surface area contributed by atoms with E-state index in [2.05, 4.69) is 26.6 Å². The highest BCUT2D eigenvalue weighted by molar-refractivity contribution is 9.10. The molecule has 3 aromatic rings. The van der Waals surface area contributed by atoms with Gasteiger partial charge in [-0.2, -0.15) is 0 Å². The van der Waals surface area contributed by atoms with E-state index in [0.717, 1.165) is 16.5 Å². The van der Waals surface area contributed by atoms with Crippen LogP contribution in [0.1, 0.15) is 5.56 Å². The fraction of sp³-hybridized carbons (Fsp3) is 0.0667. The van der Waals surface area contributed by atoms with Crippen LogP contribution in [-0.2, 0) is 6.54 Å². The van der Waals surface area contributed by atoms with Crippen molar-refractivity contribution in [1.82, 2.24) is 4.57 Å². The van der Waals surface area contributed by atoms with Gasteiger partial charge in [0, 0.05) is 22.6 Å². The molecule has 0 radical (unpaired) electrons. The Hall–Kier alpha value is -1.61. The Bertz CT molecular complexity index is 703. The molecule has 0 spiro atoms. The molecule has 90 valence electrons. The van der Waals surface area contributed by atoms with Crippen LogP contribution in [0.15, 0.2) is 59.2 Å². The molecular weight excluding hydrogens is 293 g/mol. The smallest absolute Gasteiger partial charge is 0.132 e. The van der Waals surface area contributed by atoms with Gasteiger partial charge in [-0.1, -0.05) is 40.2 Å². The van der Waals surface area contributed by atoms with Crippen LogP contribution in [0.2, 0.25) is 0 Å². The van der Waals surface area contributed by atoms with Gasteiger partial charge in [0.2, 0.25) is 0 Å². The van der Waals surface area contributed by atoms with Gasteiger partial charge in [0.1, 0.15) is 5.82 Å². The summed E-state index contributed by atoms with van der Waals surface area (Å²) in [5, 5.41) is 0.671. The fourth-order valence-electron chi connectivity index (χ4n) is 2.13. The van der Waals surface area contributed by atoms with Gasteiger partial charge < -0.3 is 4.57 Å². The molecule has 3 rings (SSSR count). The highest BCUT2D eigenvalue weighted by atomic mass is 79.9. The molecule has 0 amide bonds. The molecule has 0 saturated heterocycles. The van der Waals surface area contributed by atoms with E-state index in [1.807, 2.05) is 36.5 Å². The van der Waals surface area contributed by atoms with Gasteiger partial charge >= 0.3 is 0 Å². The molecule has 0 aliphatic rings. The molecule has 1 heterocycles. The molecule has 2 aromatic carbocycles. The van der Waals surface area contributed by atoms with Crippen LogP contribution >= 0.6 is 15.9 Å². The summed E-state index contributed by atoms with van der Waals surface area (Å²) in [7, 11) is 0. The van der Waals surface area contributed by atoms with Crippen molar-refractivity contribution in [2.75, 3.05) is 0 Å². The average Bonchev–Trinajstić information content (AvgIpc) is 2.77. The number of nitrogens with zero attached hydrogens (tertiary/aromatic N) is 1. The van der Waals surface area contributed by atoms with Gasteiger partial charge in [0.15, 0.2) is 0 Å². The normalized spacial score (nSPS) is 11.0. The quantitative estimate of drug-likeness (QED) is 0.652. The fourth-order valence-corrected chi connectivity index (χ4v) is 2.54. The van der Waals surface area contributed by atoms with E-state index in [0.29, 0.717) is 5.39 Å². The van der Waals surface area contributed by atoms with Crippen molar-refractivity contribution in [3.05, 3.63) is 70.6 Å². The lowest BCUT2D eigenvalue weighted by molar-refractivity contribution is 0.639. The zero-order valence-corrected chi connectivity index (χ0v) is 11.2. The Morgan fingerprint density at radius 2 is 1.83 bits per heavy atom. The highest BCUT2D eigenvalue weighted by Gasteiger charge is 2.06. The topological polar surface area (TPSA) is 4.93 Å². The van der Waals surface area contributed by atoms with Crippen LogP contribution in [0, 0.1) is 5.82 Å². The molecule has 0 saturated carbocycles. The summed E-state index contributed by atoms with van der Waals surface area (Å²) in [6, 6.07) is 15.1. The molecule has 1 nitrogen and oxygen atoms in total. The number of halogens is 2. The Morgan fingerprint density at radius 3 is 2.67 bits per heavy atom. The minimum atomic E-state index is -0.168. The predicted octanol–water partition coefficient (Wildman–Crippen LogP) is 4.59. The third-order valence-corrected chi connectivity index (χ3v) is 3.83. The molecule has 0 aliphatic heterocycles. The lowest BCUT2D eigenvalue weighted by Gasteiger charge is -2.07. The number of aromatic nitrogens is 1. The summed E-state index contributed by atoms with van der Waals surface area (Å²) in [5.74, 6) is -0.168. The molecule has 18 heavy (non-hydrogen) atoms. The van der Waals surface area contributed by atoms with E-state index in [1.165, 1.54) is 11.6 Å². The molecule has 0 unspecified atom stereocenters. The molecule has 3 heteroatoms. The van der Waals surface area contributed by atoms with Crippen molar-refractivity contribution in [3.8, 4) is 0 Å². The van der Waals surface area contributed by atoms with E-state index in [-0.39, 0.29) is 5.82 Å². The summed E-state index contributed by atoms with van der Waals surface area (Å²) in [6.07, 6.45) is 1.92. The zero-order valence-electron chi connectivity index (χ0n) is 9.61. The lowest BCUT2D eigenvalue weighted by atomic mass is 10.2. The Balaban J connectivity index is 2.06. The van der Waals surface area contributed by atoms with E-state index in [9.17, 15) is 4.39 Å². The molecule has 0 fully saturated rings. The van der Waals surface area contributed by atoms with Crippen LogP contribution in [-0.4, -0.2) is 4.57 Å². The SMILES string of the molecule is Fc1cccc2c1ccn2Cc1ccccc1Br. The third-order valence-electron chi connectivity index (χ3n) is 3.06. The van der Waals surface area contributed by atoms with Gasteiger partial charge in [0.05, 0.1) is 5.52 Å². The molecule has 0 atom stereocenters. The van der Waals surface area contributed by atoms with Crippen molar-refractivity contribution in [2.45, 2.75) is 6.54 Å². The first kappa shape index (κ1) is 11.5. The van der Waals surface area contributed by atoms with E-state index < -0.39 is 0 Å². The molecule has 1 aromatic heterocycles. The summed E-state index contributed by atoms with van der Waals surface area (Å²) >= 11 is 3.53. The first-order chi connectivity index (χ1) is 8.75. The van der Waals surface area contributed by atoms with Gasteiger partial charge in [-0.15, -0.1) is 0 Å². The summed E-state index contributed by atoms with van der Waals surface area (Å²) < 4.78 is 16.7. The van der Waals surface area contributed by atoms with Crippen LogP contribution < -0.4 is 0 Å². The molecule has 0 aliphatic carbocycles. The number of rotatable bonds is 2. The first-order valence-electron chi connectivity index (χ1n) is 5.72. The zero-order chi connectivity index (χ0) is 12.5. The number of fused-ring (bicyclic) bond motifs is 1. The van der Waals surface area contributed by atoms with Crippen molar-refractivity contribution in [1.29, 1.82) is 0 Å². The summed E-state index contributed by atoms with van der Waals surface area (Å²) in [6.45, 7) is 0.731. The maximum Gasteiger partial charge on any atom is 0.132 e. The second kappa shape index (κ2) is 4.58. The van der Waals surface area contributed by atoms with Gasteiger partial charge in [0.25, 0.3) is 0 Å². The molecular formula is C15H11BrFN. The lowest BCUT2D eigenvalue weighted by Crippen LogP contribution is -1.98. The van der Waals surface area contributed by atoms with E-state index in [1.54, 1.807) is 6.07 Å². The van der Waals surface area contributed by atoms with Crippen LogP contribution in [0.4, 0.5) is 4.39 Å². The molecule has 0 N–H and O–H groups in total. The van der Waals surface area contributed by atoms with Crippen molar-refractivity contribution in [3.63, 3.8) is 0 Å². The molecule has 0 bridgehead atoms. The maximum atomic E-state index is 13.6. The van der Waals surface area contributed by atoms with Crippen molar-refractivity contribution in [2.24, 2.45) is 0 Å². The largest absolute Gasteiger partial charge is 0.343 e. The summed E-state index contributed by atoms with van der Waals surface area (Å²) in [4.78, 5) is 0. The van der Waals surface area contributed by atoms with Crippen LogP contribution in [0.3, 0.4) is 0 Å². The van der Waals surface area contributed by atoms with Gasteiger partial charge in [-0.05, 0) is 29.8 Å². The third kappa shape index (κ3) is 1.95. The van der Waals surface area contributed by atoms with Crippen LogP contribution in [0.25, 0.3) is 10.9 Å². The van der Waals surface area contributed by atoms with Crippen molar-refractivity contribution >= 4 is 26.8 Å². The minimum absolute atomic E-state index is 0.168. The maximum absolute atomic E-state index is 13.6. The predicted molar refractivity (Wildman–Crippen MR) is 75.1 cm³/mol. The Kier molecular flexibility index (Phi) is 2.92. The summed E-state index contributed by atoms with van der Waals surface area (Å²) in [5.41, 5.74) is 2.10. The second-order valence-corrected chi connectivity index (χ2v) is 5.06. The Morgan fingerprint density at radius 1 is 1.00 bits per heavy atom. The first-order valence-corrected chi connectivity index (χ1v) is 6.52. The Labute approximate surface area is 113 Å². The minimum Gasteiger partial charge on any atom is -0.343 e. The van der Waals surface area contributed by atoms with E-state index in [4.69, 9.17) is 0 Å². The average molecular weight is 304 g/mol. The van der Waals surface area contributed by atoms with E-state index >= 15 is 0 Å². The monoisotopic (exact) mass is 303 g/mol. The number of hydrogen-bond acceptors (Lipinski definition) is 0. The highest BCUT2D eigenvalue weighted by Crippen LogP contribution is 2.22.